The fraction of sp³-hybridized carbons (Fsp3) is 0.250. The maximum atomic E-state index is 13.7. The van der Waals surface area contributed by atoms with Crippen LogP contribution in [-0.2, 0) is 27.3 Å². The predicted molar refractivity (Wildman–Crippen MR) is 103 cm³/mol. The van der Waals surface area contributed by atoms with Crippen LogP contribution < -0.4 is 10.5 Å². The van der Waals surface area contributed by atoms with Crippen LogP contribution in [0.15, 0.2) is 30.6 Å². The number of halogens is 1. The minimum Gasteiger partial charge on any atom is -0.466 e. The highest BCUT2D eigenvalue weighted by Crippen LogP contribution is 2.32. The molecule has 0 saturated heterocycles. The molecular weight excluding hydrogens is 395 g/mol. The second kappa shape index (κ2) is 8.68. The van der Waals surface area contributed by atoms with Crippen LogP contribution in [0, 0.1) is 5.82 Å². The SMILES string of the molecule is CCc1c(C(=O)C(N)=O)c2c(OCC(=O)OC)ncnc2n1Cc1cccc(F)c1. The lowest BCUT2D eigenvalue weighted by atomic mass is 10.1. The second-order valence-corrected chi connectivity index (χ2v) is 6.33. The first kappa shape index (κ1) is 20.9. The quantitative estimate of drug-likeness (QED) is 0.335. The normalized spacial score (nSPS) is 10.8. The Morgan fingerprint density at radius 3 is 2.63 bits per heavy atom. The molecule has 2 heterocycles. The zero-order chi connectivity index (χ0) is 21.8. The van der Waals surface area contributed by atoms with Gasteiger partial charge in [-0.25, -0.2) is 19.2 Å². The lowest BCUT2D eigenvalue weighted by Crippen LogP contribution is -2.24. The van der Waals surface area contributed by atoms with Crippen molar-refractivity contribution in [1.82, 2.24) is 14.5 Å². The van der Waals surface area contributed by atoms with Crippen LogP contribution in [0.5, 0.6) is 5.88 Å². The number of nitrogens with zero attached hydrogens (tertiary/aromatic N) is 3. The van der Waals surface area contributed by atoms with E-state index in [2.05, 4.69) is 14.7 Å². The van der Waals surface area contributed by atoms with Crippen molar-refractivity contribution in [3.05, 3.63) is 53.2 Å². The molecule has 3 rings (SSSR count). The number of carbonyl (C=O) groups excluding carboxylic acids is 3. The van der Waals surface area contributed by atoms with Gasteiger partial charge in [-0.2, -0.15) is 0 Å². The molecule has 1 aromatic carbocycles. The smallest absolute Gasteiger partial charge is 0.343 e. The number of hydrogen-bond acceptors (Lipinski definition) is 7. The van der Waals surface area contributed by atoms with Crippen LogP contribution in [-0.4, -0.2) is 45.9 Å². The van der Waals surface area contributed by atoms with Gasteiger partial charge in [-0.05, 0) is 24.1 Å². The summed E-state index contributed by atoms with van der Waals surface area (Å²) in [6, 6.07) is 5.97. The Labute approximate surface area is 170 Å². The lowest BCUT2D eigenvalue weighted by Gasteiger charge is -2.10. The van der Waals surface area contributed by atoms with Gasteiger partial charge in [-0.15, -0.1) is 0 Å². The Morgan fingerprint density at radius 1 is 1.23 bits per heavy atom. The summed E-state index contributed by atoms with van der Waals surface area (Å²) in [5.74, 6) is -3.22. The van der Waals surface area contributed by atoms with E-state index in [1.807, 2.05) is 0 Å². The molecule has 0 aliphatic rings. The van der Waals surface area contributed by atoms with Crippen molar-refractivity contribution in [2.45, 2.75) is 19.9 Å². The molecule has 2 N–H and O–H groups in total. The van der Waals surface area contributed by atoms with E-state index in [-0.39, 0.29) is 29.0 Å². The number of ketones is 1. The van der Waals surface area contributed by atoms with Gasteiger partial charge in [0, 0.05) is 12.2 Å². The third-order valence-corrected chi connectivity index (χ3v) is 4.48. The summed E-state index contributed by atoms with van der Waals surface area (Å²) in [5, 5.41) is 0.151. The number of rotatable bonds is 8. The molecular formula is C20H19FN4O5. The Hall–Kier alpha value is -3.82. The molecule has 0 unspecified atom stereocenters. The molecule has 156 valence electrons. The summed E-state index contributed by atoms with van der Waals surface area (Å²) < 4.78 is 25.3. The van der Waals surface area contributed by atoms with Crippen LogP contribution in [0.2, 0.25) is 0 Å². The van der Waals surface area contributed by atoms with Gasteiger partial charge in [-0.3, -0.25) is 9.59 Å². The first-order chi connectivity index (χ1) is 14.4. The predicted octanol–water partition coefficient (Wildman–Crippen LogP) is 1.40. The number of amides is 1. The van der Waals surface area contributed by atoms with Gasteiger partial charge in [0.05, 0.1) is 18.1 Å². The summed E-state index contributed by atoms with van der Waals surface area (Å²) >= 11 is 0. The monoisotopic (exact) mass is 414 g/mol. The topological polar surface area (TPSA) is 126 Å². The van der Waals surface area contributed by atoms with Gasteiger partial charge in [0.25, 0.3) is 11.7 Å². The van der Waals surface area contributed by atoms with E-state index in [1.54, 1.807) is 23.6 Å². The molecule has 3 aromatic rings. The molecule has 10 heteroatoms. The zero-order valence-electron chi connectivity index (χ0n) is 16.3. The van der Waals surface area contributed by atoms with Crippen molar-refractivity contribution in [3.8, 4) is 5.88 Å². The molecule has 0 radical (unpaired) electrons. The first-order valence-corrected chi connectivity index (χ1v) is 9.01. The third-order valence-electron chi connectivity index (χ3n) is 4.48. The third kappa shape index (κ3) is 3.97. The average Bonchev–Trinajstić information content (AvgIpc) is 3.05. The van der Waals surface area contributed by atoms with Crippen molar-refractivity contribution in [3.63, 3.8) is 0 Å². The molecule has 30 heavy (non-hydrogen) atoms. The standard InChI is InChI=1S/C20H19FN4O5/c1-3-13-15(17(27)18(22)28)16-19(23-10-24-20(16)30-9-14(26)29-2)25(13)8-11-5-4-6-12(21)7-11/h4-7,10H,3,8-9H2,1-2H3,(H2,22,28). The van der Waals surface area contributed by atoms with Gasteiger partial charge >= 0.3 is 5.97 Å². The Balaban J connectivity index is 2.24. The number of esters is 1. The van der Waals surface area contributed by atoms with Gasteiger partial charge in [-0.1, -0.05) is 19.1 Å². The molecule has 0 aliphatic heterocycles. The Morgan fingerprint density at radius 2 is 2.00 bits per heavy atom. The van der Waals surface area contributed by atoms with Crippen LogP contribution in [0.1, 0.15) is 28.5 Å². The van der Waals surface area contributed by atoms with E-state index in [1.165, 1.54) is 25.6 Å². The number of carbonyl (C=O) groups is 3. The number of fused-ring (bicyclic) bond motifs is 1. The van der Waals surface area contributed by atoms with Crippen molar-refractivity contribution in [1.29, 1.82) is 0 Å². The van der Waals surface area contributed by atoms with Crippen LogP contribution >= 0.6 is 0 Å². The highest BCUT2D eigenvalue weighted by Gasteiger charge is 2.29. The van der Waals surface area contributed by atoms with Crippen molar-refractivity contribution >= 4 is 28.7 Å². The van der Waals surface area contributed by atoms with Gasteiger partial charge < -0.3 is 19.8 Å². The molecule has 2 aromatic heterocycles. The summed E-state index contributed by atoms with van der Waals surface area (Å²) in [6.07, 6.45) is 1.55. The molecule has 9 nitrogen and oxygen atoms in total. The fourth-order valence-electron chi connectivity index (χ4n) is 3.21. The van der Waals surface area contributed by atoms with Gasteiger partial charge in [0.2, 0.25) is 5.88 Å². The Bertz CT molecular complexity index is 1140. The van der Waals surface area contributed by atoms with Crippen molar-refractivity contribution in [2.75, 3.05) is 13.7 Å². The minimum atomic E-state index is -1.16. The molecule has 0 bridgehead atoms. The maximum absolute atomic E-state index is 13.7. The van der Waals surface area contributed by atoms with Gasteiger partial charge in [0.1, 0.15) is 17.8 Å². The lowest BCUT2D eigenvalue weighted by molar-refractivity contribution is -0.143. The van der Waals surface area contributed by atoms with Crippen molar-refractivity contribution < 1.29 is 28.2 Å². The summed E-state index contributed by atoms with van der Waals surface area (Å²) in [5.41, 5.74) is 6.62. The number of methoxy groups -OCH3 is 1. The van der Waals surface area contributed by atoms with Crippen molar-refractivity contribution in [2.24, 2.45) is 5.73 Å². The minimum absolute atomic E-state index is 0.00290. The van der Waals surface area contributed by atoms with E-state index in [4.69, 9.17) is 10.5 Å². The number of ether oxygens (including phenoxy) is 2. The molecule has 0 fully saturated rings. The van der Waals surface area contributed by atoms with Crippen LogP contribution in [0.4, 0.5) is 4.39 Å². The van der Waals surface area contributed by atoms with Crippen LogP contribution in [0.25, 0.3) is 11.0 Å². The summed E-state index contributed by atoms with van der Waals surface area (Å²) in [6.45, 7) is 1.51. The molecule has 0 spiro atoms. The summed E-state index contributed by atoms with van der Waals surface area (Å²) in [4.78, 5) is 44.1. The van der Waals surface area contributed by atoms with E-state index < -0.39 is 30.1 Å². The second-order valence-electron chi connectivity index (χ2n) is 6.33. The fourth-order valence-corrected chi connectivity index (χ4v) is 3.21. The number of aromatic nitrogens is 3. The highest BCUT2D eigenvalue weighted by molar-refractivity contribution is 6.45. The van der Waals surface area contributed by atoms with E-state index in [0.29, 0.717) is 17.7 Å². The van der Waals surface area contributed by atoms with E-state index in [9.17, 15) is 18.8 Å². The Kier molecular flexibility index (Phi) is 6.05. The zero-order valence-corrected chi connectivity index (χ0v) is 16.3. The highest BCUT2D eigenvalue weighted by atomic mass is 19.1. The molecule has 0 saturated carbocycles. The number of hydrogen-bond donors (Lipinski definition) is 1. The molecule has 0 atom stereocenters. The first-order valence-electron chi connectivity index (χ1n) is 9.01. The molecule has 1 amide bonds. The largest absolute Gasteiger partial charge is 0.466 e. The van der Waals surface area contributed by atoms with E-state index in [0.717, 1.165) is 0 Å². The number of nitrogens with two attached hydrogens (primary N) is 1. The maximum Gasteiger partial charge on any atom is 0.343 e. The van der Waals surface area contributed by atoms with E-state index >= 15 is 0 Å². The average molecular weight is 414 g/mol. The number of benzene rings is 1. The number of Topliss-reactive ketones (excluding diaryl/α,β-unsaturated/α-hetero) is 1. The molecule has 0 aliphatic carbocycles. The summed E-state index contributed by atoms with van der Waals surface area (Å²) in [7, 11) is 1.20. The van der Waals surface area contributed by atoms with Crippen LogP contribution in [0.3, 0.4) is 0 Å². The van der Waals surface area contributed by atoms with Gasteiger partial charge in [0.15, 0.2) is 6.61 Å². The number of primary amides is 1.